The molecule has 0 saturated heterocycles. The molecular weight excluding hydrogens is 214 g/mol. The summed E-state index contributed by atoms with van der Waals surface area (Å²) in [5.41, 5.74) is 12.5. The molecule has 0 fully saturated rings. The molecule has 1 heterocycles. The van der Waals surface area contributed by atoms with E-state index in [9.17, 15) is 0 Å². The van der Waals surface area contributed by atoms with E-state index in [1.807, 2.05) is 0 Å². The summed E-state index contributed by atoms with van der Waals surface area (Å²) >= 11 is 0. The molecule has 0 spiro atoms. The van der Waals surface area contributed by atoms with Gasteiger partial charge in [-0.2, -0.15) is 0 Å². The first-order valence-electron chi connectivity index (χ1n) is 5.80. The van der Waals surface area contributed by atoms with Gasteiger partial charge in [0.2, 0.25) is 0 Å². The minimum absolute atomic E-state index is 0.263. The first kappa shape index (κ1) is 13.8. The van der Waals surface area contributed by atoms with Crippen LogP contribution >= 0.6 is 0 Å². The number of aliphatic imine (C=N–C) groups is 1. The lowest BCUT2D eigenvalue weighted by atomic mass is 9.77. The highest BCUT2D eigenvalue weighted by atomic mass is 16.5. The van der Waals surface area contributed by atoms with Crippen LogP contribution in [0.5, 0.6) is 0 Å². The summed E-state index contributed by atoms with van der Waals surface area (Å²) in [6.45, 7) is 4.78. The largest absolute Gasteiger partial charge is 0.387 e. The first-order valence-corrected chi connectivity index (χ1v) is 5.80. The van der Waals surface area contributed by atoms with Gasteiger partial charge in [0.05, 0.1) is 12.1 Å². The molecular formula is C13H21N3O. The van der Waals surface area contributed by atoms with E-state index in [1.54, 1.807) is 13.3 Å². The summed E-state index contributed by atoms with van der Waals surface area (Å²) in [5.74, 6) is 6.98. The maximum Gasteiger partial charge on any atom is 0.101 e. The quantitative estimate of drug-likeness (QED) is 0.566. The Morgan fingerprint density at radius 2 is 2.29 bits per heavy atom. The number of hydrogen-bond acceptors (Lipinski definition) is 4. The Balaban J connectivity index is 2.88. The maximum atomic E-state index is 6.39. The molecule has 1 aliphatic heterocycles. The zero-order valence-corrected chi connectivity index (χ0v) is 10.8. The lowest BCUT2D eigenvalue weighted by molar-refractivity contribution is 0.206. The molecule has 1 atom stereocenters. The van der Waals surface area contributed by atoms with Crippen molar-refractivity contribution in [3.8, 4) is 11.8 Å². The van der Waals surface area contributed by atoms with Gasteiger partial charge < -0.3 is 16.2 Å². The van der Waals surface area contributed by atoms with Crippen LogP contribution < -0.4 is 11.5 Å². The average Bonchev–Trinajstić information content (AvgIpc) is 2.26. The first-order chi connectivity index (χ1) is 8.00. The molecule has 0 radical (unpaired) electrons. The van der Waals surface area contributed by atoms with E-state index in [-0.39, 0.29) is 5.92 Å². The molecule has 1 unspecified atom stereocenters. The van der Waals surface area contributed by atoms with Crippen molar-refractivity contribution < 1.29 is 4.74 Å². The highest BCUT2D eigenvalue weighted by Crippen LogP contribution is 2.29. The number of nitrogens with zero attached hydrogens (tertiary/aromatic N) is 1. The normalized spacial score (nSPS) is 23.8. The minimum atomic E-state index is -0.494. The summed E-state index contributed by atoms with van der Waals surface area (Å²) in [7, 11) is 1.66. The van der Waals surface area contributed by atoms with Gasteiger partial charge in [-0.25, -0.2) is 4.99 Å². The van der Waals surface area contributed by atoms with E-state index < -0.39 is 5.54 Å². The van der Waals surface area contributed by atoms with E-state index in [0.29, 0.717) is 25.3 Å². The Hall–Kier alpha value is -1.31. The number of amidine groups is 1. The Labute approximate surface area is 103 Å². The molecule has 17 heavy (non-hydrogen) atoms. The molecule has 0 saturated carbocycles. The van der Waals surface area contributed by atoms with Crippen molar-refractivity contribution in [2.75, 3.05) is 13.7 Å². The second-order valence-corrected chi connectivity index (χ2v) is 4.58. The lowest BCUT2D eigenvalue weighted by Gasteiger charge is -2.35. The van der Waals surface area contributed by atoms with Crippen LogP contribution in [0, 0.1) is 17.8 Å². The zero-order chi connectivity index (χ0) is 12.9. The Kier molecular flexibility index (Phi) is 4.73. The molecule has 0 aromatic carbocycles. The molecule has 0 aliphatic carbocycles. The van der Waals surface area contributed by atoms with Crippen molar-refractivity contribution in [3.05, 3.63) is 11.8 Å². The van der Waals surface area contributed by atoms with Crippen LogP contribution in [0.1, 0.15) is 26.7 Å². The third-order valence-electron chi connectivity index (χ3n) is 3.02. The van der Waals surface area contributed by atoms with Crippen LogP contribution in [-0.4, -0.2) is 25.1 Å². The van der Waals surface area contributed by atoms with E-state index in [1.165, 1.54) is 0 Å². The zero-order valence-electron chi connectivity index (χ0n) is 10.8. The van der Waals surface area contributed by atoms with Gasteiger partial charge in [0.1, 0.15) is 5.84 Å². The molecule has 0 aromatic rings. The highest BCUT2D eigenvalue weighted by molar-refractivity contribution is 5.84. The van der Waals surface area contributed by atoms with Crippen LogP contribution in [0.2, 0.25) is 0 Å². The highest BCUT2D eigenvalue weighted by Gasteiger charge is 2.35. The monoisotopic (exact) mass is 235 g/mol. The maximum absolute atomic E-state index is 6.39. The third kappa shape index (κ3) is 3.32. The number of methoxy groups -OCH3 is 1. The molecule has 4 heteroatoms. The standard InChI is InChI=1S/C13H21N3O/c1-10(2)13(15)8-12(14)16-9-11(13)6-4-5-7-17-3/h9-10H,5,7-8,15H2,1-3H3,(H2,14,16). The van der Waals surface area contributed by atoms with Gasteiger partial charge in [0.15, 0.2) is 0 Å². The van der Waals surface area contributed by atoms with E-state index >= 15 is 0 Å². The smallest absolute Gasteiger partial charge is 0.101 e. The lowest BCUT2D eigenvalue weighted by Crippen LogP contribution is -2.50. The summed E-state index contributed by atoms with van der Waals surface area (Å²) in [5, 5.41) is 0. The fraction of sp³-hybridized carbons (Fsp3) is 0.615. The Morgan fingerprint density at radius 1 is 1.59 bits per heavy atom. The number of hydrogen-bond donors (Lipinski definition) is 2. The topological polar surface area (TPSA) is 73.6 Å². The van der Waals surface area contributed by atoms with Crippen molar-refractivity contribution in [3.63, 3.8) is 0 Å². The predicted molar refractivity (Wildman–Crippen MR) is 70.3 cm³/mol. The van der Waals surface area contributed by atoms with Crippen molar-refractivity contribution in [1.82, 2.24) is 0 Å². The van der Waals surface area contributed by atoms with E-state index in [2.05, 4.69) is 30.7 Å². The summed E-state index contributed by atoms with van der Waals surface area (Å²) in [6.07, 6.45) is 2.95. The van der Waals surface area contributed by atoms with Gasteiger partial charge in [-0.05, 0) is 5.92 Å². The molecule has 4 nitrogen and oxygen atoms in total. The van der Waals surface area contributed by atoms with Crippen LogP contribution in [0.4, 0.5) is 0 Å². The van der Waals surface area contributed by atoms with Gasteiger partial charge >= 0.3 is 0 Å². The van der Waals surface area contributed by atoms with Crippen LogP contribution in [0.25, 0.3) is 0 Å². The Morgan fingerprint density at radius 3 is 2.88 bits per heavy atom. The molecule has 1 rings (SSSR count). The van der Waals surface area contributed by atoms with Crippen molar-refractivity contribution >= 4 is 5.84 Å². The molecule has 0 aromatic heterocycles. The van der Waals surface area contributed by atoms with Gasteiger partial charge in [0, 0.05) is 31.7 Å². The van der Waals surface area contributed by atoms with Gasteiger partial charge in [0.25, 0.3) is 0 Å². The fourth-order valence-electron chi connectivity index (χ4n) is 1.68. The van der Waals surface area contributed by atoms with Crippen molar-refractivity contribution in [2.45, 2.75) is 32.2 Å². The SMILES string of the molecule is COCCC#CC1=CN=C(N)CC1(N)C(C)C. The molecule has 0 bridgehead atoms. The average molecular weight is 235 g/mol. The molecule has 0 amide bonds. The van der Waals surface area contributed by atoms with E-state index in [0.717, 1.165) is 5.57 Å². The predicted octanol–water partition coefficient (Wildman–Crippen LogP) is 1.02. The second-order valence-electron chi connectivity index (χ2n) is 4.58. The van der Waals surface area contributed by atoms with Gasteiger partial charge in [-0.15, -0.1) is 0 Å². The van der Waals surface area contributed by atoms with Gasteiger partial charge in [-0.1, -0.05) is 25.7 Å². The van der Waals surface area contributed by atoms with Crippen molar-refractivity contribution in [2.24, 2.45) is 22.4 Å². The van der Waals surface area contributed by atoms with Crippen LogP contribution in [0.3, 0.4) is 0 Å². The number of ether oxygens (including phenoxy) is 1. The summed E-state index contributed by atoms with van der Waals surface area (Å²) < 4.78 is 4.95. The van der Waals surface area contributed by atoms with Crippen LogP contribution in [-0.2, 0) is 4.74 Å². The third-order valence-corrected chi connectivity index (χ3v) is 3.02. The Bertz CT molecular complexity index is 387. The number of rotatable bonds is 3. The summed E-state index contributed by atoms with van der Waals surface area (Å²) in [6, 6.07) is 0. The minimum Gasteiger partial charge on any atom is -0.387 e. The molecule has 4 N–H and O–H groups in total. The van der Waals surface area contributed by atoms with Gasteiger partial charge in [-0.3, -0.25) is 0 Å². The summed E-state index contributed by atoms with van der Waals surface area (Å²) in [4.78, 5) is 4.11. The fourth-order valence-corrected chi connectivity index (χ4v) is 1.68. The van der Waals surface area contributed by atoms with E-state index in [4.69, 9.17) is 16.2 Å². The molecule has 94 valence electrons. The second kappa shape index (κ2) is 5.85. The van der Waals surface area contributed by atoms with Crippen molar-refractivity contribution in [1.29, 1.82) is 0 Å². The molecule has 1 aliphatic rings. The number of nitrogens with two attached hydrogens (primary N) is 2. The van der Waals surface area contributed by atoms with Crippen LogP contribution in [0.15, 0.2) is 16.8 Å².